The van der Waals surface area contributed by atoms with Crippen molar-refractivity contribution in [2.45, 2.75) is 20.4 Å². The summed E-state index contributed by atoms with van der Waals surface area (Å²) in [6, 6.07) is 13.1. The number of imidazole rings is 1. The van der Waals surface area contributed by atoms with Crippen LogP contribution >= 0.6 is 11.6 Å². The van der Waals surface area contributed by atoms with Crippen LogP contribution in [0.15, 0.2) is 42.5 Å². The van der Waals surface area contributed by atoms with Crippen molar-refractivity contribution in [3.05, 3.63) is 70.0 Å². The van der Waals surface area contributed by atoms with Crippen LogP contribution in [0.25, 0.3) is 22.2 Å². The molecule has 1 N–H and O–H groups in total. The molecule has 2 heterocycles. The molecule has 6 nitrogen and oxygen atoms in total. The summed E-state index contributed by atoms with van der Waals surface area (Å²) in [6.07, 6.45) is 0. The number of methoxy groups -OCH3 is 2. The van der Waals surface area contributed by atoms with E-state index in [1.54, 1.807) is 26.4 Å². The lowest BCUT2D eigenvalue weighted by molar-refractivity contribution is 0.355. The highest BCUT2D eigenvalue weighted by molar-refractivity contribution is 6.30. The van der Waals surface area contributed by atoms with Gasteiger partial charge in [0.1, 0.15) is 5.82 Å². The molecule has 0 amide bonds. The van der Waals surface area contributed by atoms with E-state index >= 15 is 0 Å². The lowest BCUT2D eigenvalue weighted by atomic mass is 9.95. The van der Waals surface area contributed by atoms with Gasteiger partial charge < -0.3 is 24.3 Å². The van der Waals surface area contributed by atoms with Gasteiger partial charge in [0, 0.05) is 31.7 Å². The van der Waals surface area contributed by atoms with Crippen molar-refractivity contribution in [3.63, 3.8) is 0 Å². The van der Waals surface area contributed by atoms with E-state index in [0.29, 0.717) is 18.0 Å². The Morgan fingerprint density at radius 3 is 2.44 bits per heavy atom. The van der Waals surface area contributed by atoms with Gasteiger partial charge in [-0.25, -0.2) is 9.37 Å². The van der Waals surface area contributed by atoms with E-state index in [9.17, 15) is 4.39 Å². The molecule has 3 aromatic carbocycles. The standard InChI is InChI=1S/C28H30ClFN4O2/c1-17-13-23-27(26(18(17)2)20-6-8-24(35-3)25(15-20)36-4)32-28(33-11-9-31-10-12-33)34(23)16-19-5-7-22(30)21(29)14-19/h5-8,13-15,31H,9-12,16H2,1-4H3. The molecule has 0 bridgehead atoms. The number of hydrogen-bond donors (Lipinski definition) is 1. The van der Waals surface area contributed by atoms with Gasteiger partial charge in [-0.15, -0.1) is 0 Å². The summed E-state index contributed by atoms with van der Waals surface area (Å²) in [5.41, 5.74) is 7.28. The number of aromatic nitrogens is 2. The second kappa shape index (κ2) is 9.99. The van der Waals surface area contributed by atoms with Gasteiger partial charge in [0.05, 0.1) is 36.8 Å². The van der Waals surface area contributed by atoms with Gasteiger partial charge in [0.15, 0.2) is 11.5 Å². The van der Waals surface area contributed by atoms with Crippen LogP contribution in [0.5, 0.6) is 11.5 Å². The maximum Gasteiger partial charge on any atom is 0.206 e. The highest BCUT2D eigenvalue weighted by Gasteiger charge is 2.23. The zero-order chi connectivity index (χ0) is 25.4. The summed E-state index contributed by atoms with van der Waals surface area (Å²) in [5.74, 6) is 1.84. The van der Waals surface area contributed by atoms with Gasteiger partial charge in [-0.2, -0.15) is 0 Å². The first-order valence-corrected chi connectivity index (χ1v) is 12.4. The third kappa shape index (κ3) is 4.38. The van der Waals surface area contributed by atoms with Gasteiger partial charge >= 0.3 is 0 Å². The largest absolute Gasteiger partial charge is 0.493 e. The van der Waals surface area contributed by atoms with Crippen LogP contribution in [0.1, 0.15) is 16.7 Å². The van der Waals surface area contributed by atoms with E-state index in [1.165, 1.54) is 6.07 Å². The van der Waals surface area contributed by atoms with Crippen LogP contribution in [0.2, 0.25) is 5.02 Å². The van der Waals surface area contributed by atoms with Crippen molar-refractivity contribution < 1.29 is 13.9 Å². The molecule has 4 aromatic rings. The number of piperazine rings is 1. The van der Waals surface area contributed by atoms with Crippen LogP contribution in [0.4, 0.5) is 10.3 Å². The first-order valence-electron chi connectivity index (χ1n) is 12.0. The Hall–Kier alpha value is -3.29. The molecule has 8 heteroatoms. The average Bonchev–Trinajstić information content (AvgIpc) is 3.24. The number of nitrogens with one attached hydrogen (secondary N) is 1. The van der Waals surface area contributed by atoms with Crippen LogP contribution < -0.4 is 19.7 Å². The van der Waals surface area contributed by atoms with Gasteiger partial charge in [0.2, 0.25) is 5.95 Å². The second-order valence-corrected chi connectivity index (χ2v) is 9.52. The lowest BCUT2D eigenvalue weighted by Gasteiger charge is -2.29. The number of aryl methyl sites for hydroxylation is 1. The Labute approximate surface area is 215 Å². The van der Waals surface area contributed by atoms with Gasteiger partial charge in [-0.05, 0) is 66.4 Å². The van der Waals surface area contributed by atoms with E-state index in [4.69, 9.17) is 26.1 Å². The fourth-order valence-electron chi connectivity index (χ4n) is 4.90. The summed E-state index contributed by atoms with van der Waals surface area (Å²) in [5, 5.41) is 3.54. The predicted octanol–water partition coefficient (Wildman–Crippen LogP) is 5.59. The van der Waals surface area contributed by atoms with Crippen molar-refractivity contribution in [1.29, 1.82) is 0 Å². The van der Waals surface area contributed by atoms with Crippen LogP contribution in [-0.2, 0) is 6.54 Å². The smallest absolute Gasteiger partial charge is 0.206 e. The minimum Gasteiger partial charge on any atom is -0.493 e. The van der Waals surface area contributed by atoms with Gasteiger partial charge in [0.25, 0.3) is 0 Å². The molecule has 36 heavy (non-hydrogen) atoms. The Morgan fingerprint density at radius 2 is 1.75 bits per heavy atom. The molecule has 5 rings (SSSR count). The van der Waals surface area contributed by atoms with Crippen LogP contribution in [0, 0.1) is 19.7 Å². The zero-order valence-electron chi connectivity index (χ0n) is 21.0. The molecule has 1 aliphatic heterocycles. The Balaban J connectivity index is 1.74. The molecule has 0 aliphatic carbocycles. The quantitative estimate of drug-likeness (QED) is 0.368. The summed E-state index contributed by atoms with van der Waals surface area (Å²) in [4.78, 5) is 7.54. The molecular weight excluding hydrogens is 479 g/mol. The summed E-state index contributed by atoms with van der Waals surface area (Å²) in [6.45, 7) is 8.29. The Morgan fingerprint density at radius 1 is 1.00 bits per heavy atom. The fourth-order valence-corrected chi connectivity index (χ4v) is 5.10. The molecule has 0 spiro atoms. The highest BCUT2D eigenvalue weighted by atomic mass is 35.5. The number of anilines is 1. The maximum absolute atomic E-state index is 13.9. The number of benzene rings is 3. The second-order valence-electron chi connectivity index (χ2n) is 9.11. The third-order valence-electron chi connectivity index (χ3n) is 6.94. The SMILES string of the molecule is COc1ccc(-c2c(C)c(C)cc3c2nc(N2CCNCC2)n3Cc2ccc(F)c(Cl)c2)cc1OC. The molecule has 0 saturated carbocycles. The summed E-state index contributed by atoms with van der Waals surface area (Å²) in [7, 11) is 3.28. The van der Waals surface area contributed by atoms with Crippen molar-refractivity contribution in [2.75, 3.05) is 45.3 Å². The van der Waals surface area contributed by atoms with E-state index in [1.807, 2.05) is 18.2 Å². The molecule has 0 unspecified atom stereocenters. The number of fused-ring (bicyclic) bond motifs is 1. The number of hydrogen-bond acceptors (Lipinski definition) is 5. The molecule has 1 saturated heterocycles. The number of rotatable bonds is 6. The van der Waals surface area contributed by atoms with Crippen molar-refractivity contribution in [3.8, 4) is 22.6 Å². The van der Waals surface area contributed by atoms with Gasteiger partial charge in [-0.1, -0.05) is 23.7 Å². The first kappa shape index (κ1) is 24.4. The van der Waals surface area contributed by atoms with Gasteiger partial charge in [-0.3, -0.25) is 0 Å². The normalized spacial score (nSPS) is 13.9. The molecule has 1 aliphatic rings. The minimum atomic E-state index is -0.416. The predicted molar refractivity (Wildman–Crippen MR) is 143 cm³/mol. The average molecular weight is 509 g/mol. The maximum atomic E-state index is 13.9. The van der Waals surface area contributed by atoms with Crippen LogP contribution in [-0.4, -0.2) is 49.9 Å². The van der Waals surface area contributed by atoms with Crippen molar-refractivity contribution >= 4 is 28.6 Å². The topological polar surface area (TPSA) is 51.5 Å². The van der Waals surface area contributed by atoms with E-state index in [-0.39, 0.29) is 5.02 Å². The van der Waals surface area contributed by atoms with E-state index in [2.05, 4.69) is 34.7 Å². The summed E-state index contributed by atoms with van der Waals surface area (Å²) < 4.78 is 27.1. The molecule has 1 fully saturated rings. The lowest BCUT2D eigenvalue weighted by Crippen LogP contribution is -2.44. The fraction of sp³-hybridized carbons (Fsp3) is 0.321. The monoisotopic (exact) mass is 508 g/mol. The number of halogens is 2. The third-order valence-corrected chi connectivity index (χ3v) is 7.23. The van der Waals surface area contributed by atoms with Crippen molar-refractivity contribution in [2.24, 2.45) is 0 Å². The number of ether oxygens (including phenoxy) is 2. The molecule has 188 valence electrons. The number of nitrogens with zero attached hydrogens (tertiary/aromatic N) is 3. The van der Waals surface area contributed by atoms with Crippen molar-refractivity contribution in [1.82, 2.24) is 14.9 Å². The zero-order valence-corrected chi connectivity index (χ0v) is 21.7. The molecular formula is C28H30ClFN4O2. The Bertz CT molecular complexity index is 1430. The highest BCUT2D eigenvalue weighted by Crippen LogP contribution is 2.40. The minimum absolute atomic E-state index is 0.124. The molecule has 0 atom stereocenters. The molecule has 0 radical (unpaired) electrons. The Kier molecular flexibility index (Phi) is 6.77. The first-order chi connectivity index (χ1) is 17.4. The van der Waals surface area contributed by atoms with E-state index < -0.39 is 5.82 Å². The summed E-state index contributed by atoms with van der Waals surface area (Å²) >= 11 is 6.12. The molecule has 1 aromatic heterocycles. The van der Waals surface area contributed by atoms with Crippen LogP contribution in [0.3, 0.4) is 0 Å². The van der Waals surface area contributed by atoms with E-state index in [0.717, 1.165) is 71.0 Å².